The summed E-state index contributed by atoms with van der Waals surface area (Å²) in [6, 6.07) is 8.26. The van der Waals surface area contributed by atoms with Gasteiger partial charge in [-0.25, -0.2) is 0 Å². The summed E-state index contributed by atoms with van der Waals surface area (Å²) in [5.41, 5.74) is 1.22. The highest BCUT2D eigenvalue weighted by Gasteiger charge is 2.10. The Morgan fingerprint density at radius 1 is 1.29 bits per heavy atom. The molecule has 1 aromatic carbocycles. The standard InChI is InChI=1S/C12H16BrCl/c1-3-9(2)8-12(14)10-4-6-11(13)7-5-10/h4-7,9,12H,3,8H2,1-2H3. The second kappa shape index (κ2) is 5.77. The lowest BCUT2D eigenvalue weighted by Crippen LogP contribution is -1.98. The van der Waals surface area contributed by atoms with E-state index in [2.05, 4.69) is 41.9 Å². The molecule has 2 heteroatoms. The van der Waals surface area contributed by atoms with Gasteiger partial charge >= 0.3 is 0 Å². The van der Waals surface area contributed by atoms with Gasteiger partial charge < -0.3 is 0 Å². The molecule has 0 radical (unpaired) electrons. The van der Waals surface area contributed by atoms with Crippen molar-refractivity contribution < 1.29 is 0 Å². The molecule has 14 heavy (non-hydrogen) atoms. The van der Waals surface area contributed by atoms with E-state index in [1.54, 1.807) is 0 Å². The van der Waals surface area contributed by atoms with Gasteiger partial charge in [-0.05, 0) is 30.0 Å². The molecule has 2 unspecified atom stereocenters. The normalized spacial score (nSPS) is 15.1. The van der Waals surface area contributed by atoms with Gasteiger partial charge in [0.2, 0.25) is 0 Å². The summed E-state index contributed by atoms with van der Waals surface area (Å²) in [7, 11) is 0. The van der Waals surface area contributed by atoms with E-state index in [0.29, 0.717) is 5.92 Å². The van der Waals surface area contributed by atoms with Crippen molar-refractivity contribution in [2.75, 3.05) is 0 Å². The highest BCUT2D eigenvalue weighted by atomic mass is 79.9. The first kappa shape index (κ1) is 12.1. The topological polar surface area (TPSA) is 0 Å². The van der Waals surface area contributed by atoms with Crippen LogP contribution in [-0.2, 0) is 0 Å². The molecule has 0 amide bonds. The minimum Gasteiger partial charge on any atom is -0.118 e. The zero-order valence-corrected chi connectivity index (χ0v) is 11.0. The van der Waals surface area contributed by atoms with Crippen molar-refractivity contribution in [1.82, 2.24) is 0 Å². The second-order valence-electron chi connectivity index (χ2n) is 3.77. The predicted molar refractivity (Wildman–Crippen MR) is 66.8 cm³/mol. The SMILES string of the molecule is CCC(C)CC(Cl)c1ccc(Br)cc1. The van der Waals surface area contributed by atoms with E-state index in [9.17, 15) is 0 Å². The van der Waals surface area contributed by atoms with Gasteiger partial charge in [0.25, 0.3) is 0 Å². The molecule has 0 bridgehead atoms. The fraction of sp³-hybridized carbons (Fsp3) is 0.500. The lowest BCUT2D eigenvalue weighted by Gasteiger charge is -2.14. The summed E-state index contributed by atoms with van der Waals surface area (Å²) in [6.07, 6.45) is 2.25. The van der Waals surface area contributed by atoms with Crippen LogP contribution in [0.25, 0.3) is 0 Å². The molecule has 0 aliphatic heterocycles. The van der Waals surface area contributed by atoms with Gasteiger partial charge in [-0.15, -0.1) is 11.6 Å². The van der Waals surface area contributed by atoms with Crippen LogP contribution in [0.15, 0.2) is 28.7 Å². The summed E-state index contributed by atoms with van der Waals surface area (Å²) in [5, 5.41) is 0.151. The van der Waals surface area contributed by atoms with E-state index in [4.69, 9.17) is 11.6 Å². The van der Waals surface area contributed by atoms with Crippen LogP contribution in [-0.4, -0.2) is 0 Å². The molecule has 0 aliphatic rings. The Balaban J connectivity index is 2.60. The Kier molecular flexibility index (Phi) is 4.97. The van der Waals surface area contributed by atoms with Gasteiger partial charge in [0.1, 0.15) is 0 Å². The highest BCUT2D eigenvalue weighted by Crippen LogP contribution is 2.29. The maximum atomic E-state index is 6.32. The van der Waals surface area contributed by atoms with Crippen LogP contribution >= 0.6 is 27.5 Å². The number of rotatable bonds is 4. The lowest BCUT2D eigenvalue weighted by molar-refractivity contribution is 0.508. The maximum absolute atomic E-state index is 6.32. The Hall–Kier alpha value is -0.0100. The third-order valence-electron chi connectivity index (χ3n) is 2.54. The molecule has 1 aromatic rings. The van der Waals surface area contributed by atoms with Gasteiger partial charge in [-0.3, -0.25) is 0 Å². The summed E-state index contributed by atoms with van der Waals surface area (Å²) in [4.78, 5) is 0. The number of hydrogen-bond donors (Lipinski definition) is 0. The molecule has 0 aromatic heterocycles. The Morgan fingerprint density at radius 3 is 2.36 bits per heavy atom. The predicted octanol–water partition coefficient (Wildman–Crippen LogP) is 5.17. The maximum Gasteiger partial charge on any atom is 0.0587 e. The van der Waals surface area contributed by atoms with E-state index in [1.165, 1.54) is 12.0 Å². The largest absolute Gasteiger partial charge is 0.118 e. The van der Waals surface area contributed by atoms with Crippen LogP contribution in [0.5, 0.6) is 0 Å². The molecule has 0 fully saturated rings. The van der Waals surface area contributed by atoms with Gasteiger partial charge in [-0.1, -0.05) is 48.3 Å². The Labute approximate surface area is 99.8 Å². The number of alkyl halides is 1. The molecule has 0 heterocycles. The van der Waals surface area contributed by atoms with Gasteiger partial charge in [0.15, 0.2) is 0 Å². The molecular weight excluding hydrogens is 259 g/mol. The van der Waals surface area contributed by atoms with Crippen LogP contribution in [0.2, 0.25) is 0 Å². The van der Waals surface area contributed by atoms with Crippen LogP contribution < -0.4 is 0 Å². The number of hydrogen-bond acceptors (Lipinski definition) is 0. The van der Waals surface area contributed by atoms with E-state index in [-0.39, 0.29) is 5.38 Å². The van der Waals surface area contributed by atoms with E-state index in [1.807, 2.05) is 12.1 Å². The Morgan fingerprint density at radius 2 is 1.86 bits per heavy atom. The minimum absolute atomic E-state index is 0.151. The van der Waals surface area contributed by atoms with Crippen LogP contribution in [0, 0.1) is 5.92 Å². The van der Waals surface area contributed by atoms with Gasteiger partial charge in [-0.2, -0.15) is 0 Å². The molecule has 78 valence electrons. The van der Waals surface area contributed by atoms with Crippen molar-refractivity contribution in [3.05, 3.63) is 34.3 Å². The fourth-order valence-electron chi connectivity index (χ4n) is 1.33. The molecule has 0 nitrogen and oxygen atoms in total. The lowest BCUT2D eigenvalue weighted by atomic mass is 9.99. The van der Waals surface area contributed by atoms with Crippen molar-refractivity contribution in [1.29, 1.82) is 0 Å². The molecule has 0 saturated heterocycles. The first-order valence-electron chi connectivity index (χ1n) is 5.03. The van der Waals surface area contributed by atoms with Crippen molar-refractivity contribution in [3.63, 3.8) is 0 Å². The smallest absolute Gasteiger partial charge is 0.0587 e. The van der Waals surface area contributed by atoms with E-state index in [0.717, 1.165) is 10.9 Å². The van der Waals surface area contributed by atoms with Gasteiger partial charge in [0, 0.05) is 4.47 Å². The van der Waals surface area contributed by atoms with Crippen molar-refractivity contribution in [2.45, 2.75) is 32.1 Å². The van der Waals surface area contributed by atoms with Crippen molar-refractivity contribution in [2.24, 2.45) is 5.92 Å². The zero-order valence-electron chi connectivity index (χ0n) is 8.63. The van der Waals surface area contributed by atoms with Crippen LogP contribution in [0.1, 0.15) is 37.6 Å². The molecule has 0 N–H and O–H groups in total. The first-order valence-corrected chi connectivity index (χ1v) is 6.26. The van der Waals surface area contributed by atoms with Crippen LogP contribution in [0.4, 0.5) is 0 Å². The average molecular weight is 276 g/mol. The third-order valence-corrected chi connectivity index (χ3v) is 3.50. The Bertz CT molecular complexity index is 268. The monoisotopic (exact) mass is 274 g/mol. The van der Waals surface area contributed by atoms with Crippen molar-refractivity contribution >= 4 is 27.5 Å². The minimum atomic E-state index is 0.151. The fourth-order valence-corrected chi connectivity index (χ4v) is 2.04. The summed E-state index contributed by atoms with van der Waals surface area (Å²) < 4.78 is 1.11. The average Bonchev–Trinajstić information content (AvgIpc) is 2.18. The summed E-state index contributed by atoms with van der Waals surface area (Å²) in [6.45, 7) is 4.45. The van der Waals surface area contributed by atoms with E-state index < -0.39 is 0 Å². The number of halogens is 2. The molecule has 0 spiro atoms. The van der Waals surface area contributed by atoms with Gasteiger partial charge in [0.05, 0.1) is 5.38 Å². The molecule has 0 aliphatic carbocycles. The molecule has 1 rings (SSSR count). The second-order valence-corrected chi connectivity index (χ2v) is 5.21. The first-order chi connectivity index (χ1) is 6.63. The summed E-state index contributed by atoms with van der Waals surface area (Å²) >= 11 is 9.73. The summed E-state index contributed by atoms with van der Waals surface area (Å²) in [5.74, 6) is 0.696. The number of benzene rings is 1. The highest BCUT2D eigenvalue weighted by molar-refractivity contribution is 9.10. The molecular formula is C12H16BrCl. The van der Waals surface area contributed by atoms with Crippen molar-refractivity contribution in [3.8, 4) is 0 Å². The quantitative estimate of drug-likeness (QED) is 0.665. The van der Waals surface area contributed by atoms with Crippen LogP contribution in [0.3, 0.4) is 0 Å². The third kappa shape index (κ3) is 3.62. The van der Waals surface area contributed by atoms with E-state index >= 15 is 0 Å². The molecule has 0 saturated carbocycles. The molecule has 2 atom stereocenters. The zero-order chi connectivity index (χ0) is 10.6.